The molecule has 0 amide bonds. The molecule has 0 N–H and O–H groups in total. The van der Waals surface area contributed by atoms with Crippen molar-refractivity contribution in [1.29, 1.82) is 0 Å². The molecule has 1 aliphatic heterocycles. The maximum atomic E-state index is 11.4. The number of alkyl halides is 1. The number of rotatable bonds is 2. The van der Waals surface area contributed by atoms with Gasteiger partial charge in [-0.05, 0) is 12.1 Å². The predicted molar refractivity (Wildman–Crippen MR) is 70.2 cm³/mol. The normalized spacial score (nSPS) is 13.9. The van der Waals surface area contributed by atoms with Gasteiger partial charge in [-0.25, -0.2) is 0 Å². The van der Waals surface area contributed by atoms with Gasteiger partial charge in [0.2, 0.25) is 0 Å². The summed E-state index contributed by atoms with van der Waals surface area (Å²) in [5.74, 6) is 2.35. The van der Waals surface area contributed by atoms with Crippen LogP contribution in [0, 0.1) is 0 Å². The highest BCUT2D eigenvalue weighted by molar-refractivity contribution is 8.05. The first-order chi connectivity index (χ1) is 6.81. The SMILES string of the molecule is Cl.O=C(CCl)c1ccc2c(c1)SCCS2. The Labute approximate surface area is 109 Å². The molecule has 0 saturated heterocycles. The quantitative estimate of drug-likeness (QED) is 0.607. The van der Waals surface area contributed by atoms with Gasteiger partial charge in [-0.15, -0.1) is 47.5 Å². The van der Waals surface area contributed by atoms with E-state index in [9.17, 15) is 4.79 Å². The zero-order valence-electron chi connectivity index (χ0n) is 7.86. The van der Waals surface area contributed by atoms with Gasteiger partial charge in [-0.3, -0.25) is 4.79 Å². The smallest absolute Gasteiger partial charge is 0.177 e. The first-order valence-electron chi connectivity index (χ1n) is 4.30. The zero-order valence-corrected chi connectivity index (χ0v) is 11.1. The summed E-state index contributed by atoms with van der Waals surface area (Å²) >= 11 is 9.17. The van der Waals surface area contributed by atoms with Crippen molar-refractivity contribution in [3.8, 4) is 0 Å². The van der Waals surface area contributed by atoms with Crippen molar-refractivity contribution in [2.75, 3.05) is 17.4 Å². The number of thioether (sulfide) groups is 2. The lowest BCUT2D eigenvalue weighted by Gasteiger charge is -2.14. The number of hydrogen-bond donors (Lipinski definition) is 0. The molecule has 0 radical (unpaired) electrons. The molecule has 0 atom stereocenters. The van der Waals surface area contributed by atoms with Crippen LogP contribution in [0.1, 0.15) is 10.4 Å². The minimum Gasteiger partial charge on any atom is -0.293 e. The van der Waals surface area contributed by atoms with E-state index in [2.05, 4.69) is 0 Å². The summed E-state index contributed by atoms with van der Waals surface area (Å²) in [6.07, 6.45) is 0. The highest BCUT2D eigenvalue weighted by atomic mass is 35.5. The molecule has 0 aliphatic carbocycles. The van der Waals surface area contributed by atoms with E-state index in [1.54, 1.807) is 0 Å². The van der Waals surface area contributed by atoms with Crippen LogP contribution in [-0.2, 0) is 0 Å². The third-order valence-corrected chi connectivity index (χ3v) is 4.75. The van der Waals surface area contributed by atoms with E-state index in [0.717, 1.165) is 17.1 Å². The highest BCUT2D eigenvalue weighted by Crippen LogP contribution is 2.36. The molecule has 0 aromatic heterocycles. The van der Waals surface area contributed by atoms with Gasteiger partial charge in [-0.2, -0.15) is 0 Å². The molecule has 5 heteroatoms. The Balaban J connectivity index is 0.00000112. The van der Waals surface area contributed by atoms with Gasteiger partial charge in [0.25, 0.3) is 0 Å². The number of benzene rings is 1. The standard InChI is InChI=1S/C10H9ClOS2.ClH/c11-6-8(12)7-1-2-9-10(5-7)14-4-3-13-9;/h1-2,5H,3-4,6H2;1H. The fourth-order valence-corrected chi connectivity index (χ4v) is 3.69. The van der Waals surface area contributed by atoms with Crippen LogP contribution in [0.5, 0.6) is 0 Å². The maximum absolute atomic E-state index is 11.4. The molecular formula is C10H10Cl2OS2. The summed E-state index contributed by atoms with van der Waals surface area (Å²) in [4.78, 5) is 13.9. The fraction of sp³-hybridized carbons (Fsp3) is 0.300. The van der Waals surface area contributed by atoms with Gasteiger partial charge in [0.1, 0.15) is 0 Å². The second-order valence-corrected chi connectivity index (χ2v) is 5.46. The van der Waals surface area contributed by atoms with Gasteiger partial charge >= 0.3 is 0 Å². The van der Waals surface area contributed by atoms with Crippen LogP contribution in [-0.4, -0.2) is 23.2 Å². The Morgan fingerprint density at radius 2 is 1.93 bits per heavy atom. The Morgan fingerprint density at radius 3 is 2.60 bits per heavy atom. The maximum Gasteiger partial charge on any atom is 0.177 e. The second-order valence-electron chi connectivity index (χ2n) is 2.92. The van der Waals surface area contributed by atoms with Crippen molar-refractivity contribution in [2.45, 2.75) is 9.79 Å². The van der Waals surface area contributed by atoms with Crippen LogP contribution in [0.2, 0.25) is 0 Å². The van der Waals surface area contributed by atoms with Crippen molar-refractivity contribution < 1.29 is 4.79 Å². The number of hydrogen-bond acceptors (Lipinski definition) is 3. The van der Waals surface area contributed by atoms with Crippen molar-refractivity contribution >= 4 is 53.3 Å². The van der Waals surface area contributed by atoms with Crippen molar-refractivity contribution in [3.63, 3.8) is 0 Å². The molecular weight excluding hydrogens is 271 g/mol. The van der Waals surface area contributed by atoms with E-state index in [0.29, 0.717) is 0 Å². The third-order valence-electron chi connectivity index (χ3n) is 1.99. The Kier molecular flexibility index (Phi) is 5.33. The van der Waals surface area contributed by atoms with E-state index in [1.165, 1.54) is 9.79 Å². The Morgan fingerprint density at radius 1 is 1.27 bits per heavy atom. The number of Topliss-reactive ketones (excluding diaryl/α,β-unsaturated/α-hetero) is 1. The summed E-state index contributed by atoms with van der Waals surface area (Å²) < 4.78 is 0. The van der Waals surface area contributed by atoms with Gasteiger partial charge in [0, 0.05) is 26.9 Å². The number of halogens is 2. The summed E-state index contributed by atoms with van der Waals surface area (Å²) in [5.41, 5.74) is 0.730. The van der Waals surface area contributed by atoms with Crippen LogP contribution in [0.15, 0.2) is 28.0 Å². The van der Waals surface area contributed by atoms with Crippen LogP contribution in [0.3, 0.4) is 0 Å². The minimum absolute atomic E-state index is 0. The van der Waals surface area contributed by atoms with Gasteiger partial charge in [0.05, 0.1) is 5.88 Å². The predicted octanol–water partition coefficient (Wildman–Crippen LogP) is 3.73. The fourth-order valence-electron chi connectivity index (χ4n) is 1.29. The van der Waals surface area contributed by atoms with Crippen LogP contribution in [0.4, 0.5) is 0 Å². The molecule has 1 aromatic rings. The van der Waals surface area contributed by atoms with E-state index in [-0.39, 0.29) is 24.1 Å². The lowest BCUT2D eigenvalue weighted by Crippen LogP contribution is -2.02. The molecule has 0 bridgehead atoms. The van der Waals surface area contributed by atoms with Gasteiger partial charge in [0.15, 0.2) is 5.78 Å². The van der Waals surface area contributed by atoms with E-state index >= 15 is 0 Å². The topological polar surface area (TPSA) is 17.1 Å². The molecule has 2 rings (SSSR count). The molecule has 0 fully saturated rings. The molecule has 1 aromatic carbocycles. The molecule has 1 nitrogen and oxygen atoms in total. The van der Waals surface area contributed by atoms with E-state index in [1.807, 2.05) is 41.7 Å². The molecule has 0 saturated carbocycles. The summed E-state index contributed by atoms with van der Waals surface area (Å²) in [6.45, 7) is 0. The summed E-state index contributed by atoms with van der Waals surface area (Å²) in [7, 11) is 0. The molecule has 0 unspecified atom stereocenters. The highest BCUT2D eigenvalue weighted by Gasteiger charge is 2.12. The molecule has 1 aliphatic rings. The van der Waals surface area contributed by atoms with Crippen molar-refractivity contribution in [1.82, 2.24) is 0 Å². The van der Waals surface area contributed by atoms with Gasteiger partial charge in [-0.1, -0.05) is 6.07 Å². The monoisotopic (exact) mass is 280 g/mol. The molecule has 15 heavy (non-hydrogen) atoms. The molecule has 0 spiro atoms. The lowest BCUT2D eigenvalue weighted by atomic mass is 10.1. The number of fused-ring (bicyclic) bond motifs is 1. The number of carbonyl (C=O) groups is 1. The van der Waals surface area contributed by atoms with Crippen molar-refractivity contribution in [3.05, 3.63) is 23.8 Å². The van der Waals surface area contributed by atoms with E-state index in [4.69, 9.17) is 11.6 Å². The largest absolute Gasteiger partial charge is 0.293 e. The van der Waals surface area contributed by atoms with Gasteiger partial charge < -0.3 is 0 Å². The lowest BCUT2D eigenvalue weighted by molar-refractivity contribution is 0.102. The average molecular weight is 281 g/mol. The first kappa shape index (κ1) is 13.2. The minimum atomic E-state index is 0. The van der Waals surface area contributed by atoms with Crippen LogP contribution < -0.4 is 0 Å². The third kappa shape index (κ3) is 3.06. The first-order valence-corrected chi connectivity index (χ1v) is 6.80. The average Bonchev–Trinajstić information content (AvgIpc) is 2.27. The zero-order chi connectivity index (χ0) is 9.97. The van der Waals surface area contributed by atoms with E-state index < -0.39 is 0 Å². The van der Waals surface area contributed by atoms with Crippen LogP contribution >= 0.6 is 47.5 Å². The van der Waals surface area contributed by atoms with Crippen LogP contribution in [0.25, 0.3) is 0 Å². The Hall–Kier alpha value is 0.170. The second kappa shape index (κ2) is 6.04. The molecule has 1 heterocycles. The summed E-state index contributed by atoms with van der Waals surface area (Å²) in [6, 6.07) is 5.84. The Bertz CT molecular complexity index is 368. The summed E-state index contributed by atoms with van der Waals surface area (Å²) in [5, 5.41) is 0. The molecule has 82 valence electrons. The number of carbonyl (C=O) groups excluding carboxylic acids is 1. The van der Waals surface area contributed by atoms with Crippen molar-refractivity contribution in [2.24, 2.45) is 0 Å². The number of ketones is 1.